The molecule has 8 nitrogen and oxygen atoms in total. The van der Waals surface area contributed by atoms with E-state index < -0.39 is 0 Å². The zero-order valence-corrected chi connectivity index (χ0v) is 20.5. The SMILES string of the molecule is COc1c(C(=O)N[C@H]2CCCC[C@@H]2N)n(C)c2c1c(=O)n(CC(=O)c1ccccc1)c1ccccc21. The Balaban J connectivity index is 1.68. The van der Waals surface area contributed by atoms with Gasteiger partial charge in [-0.1, -0.05) is 61.4 Å². The molecule has 36 heavy (non-hydrogen) atoms. The number of benzene rings is 2. The van der Waals surface area contributed by atoms with Crippen LogP contribution >= 0.6 is 0 Å². The third-order valence-electron chi connectivity index (χ3n) is 7.21. The highest BCUT2D eigenvalue weighted by molar-refractivity contribution is 6.12. The van der Waals surface area contributed by atoms with Crippen LogP contribution < -0.4 is 21.3 Å². The molecule has 1 aliphatic carbocycles. The zero-order valence-electron chi connectivity index (χ0n) is 20.5. The highest BCUT2D eigenvalue weighted by atomic mass is 16.5. The van der Waals surface area contributed by atoms with E-state index in [2.05, 4.69) is 5.32 Å². The number of carbonyl (C=O) groups is 2. The molecule has 2 aromatic carbocycles. The van der Waals surface area contributed by atoms with Gasteiger partial charge in [-0.15, -0.1) is 0 Å². The number of hydrogen-bond acceptors (Lipinski definition) is 5. The van der Waals surface area contributed by atoms with E-state index in [9.17, 15) is 14.4 Å². The van der Waals surface area contributed by atoms with Crippen LogP contribution in [-0.2, 0) is 13.6 Å². The molecule has 0 aliphatic heterocycles. The van der Waals surface area contributed by atoms with Gasteiger partial charge in [0.05, 0.1) is 24.7 Å². The first kappa shape index (κ1) is 23.8. The average Bonchev–Trinajstić information content (AvgIpc) is 3.20. The molecule has 0 radical (unpaired) electrons. The number of pyridine rings is 1. The predicted molar refractivity (Wildman–Crippen MR) is 140 cm³/mol. The van der Waals surface area contributed by atoms with Crippen molar-refractivity contribution in [2.45, 2.75) is 44.3 Å². The van der Waals surface area contributed by atoms with Crippen molar-refractivity contribution in [1.82, 2.24) is 14.5 Å². The maximum atomic E-state index is 13.9. The van der Waals surface area contributed by atoms with Crippen molar-refractivity contribution in [3.05, 3.63) is 76.2 Å². The Morgan fingerprint density at radius 2 is 1.75 bits per heavy atom. The van der Waals surface area contributed by atoms with E-state index in [4.69, 9.17) is 10.5 Å². The van der Waals surface area contributed by atoms with Gasteiger partial charge in [-0.05, 0) is 18.9 Å². The summed E-state index contributed by atoms with van der Waals surface area (Å²) >= 11 is 0. The molecule has 1 amide bonds. The Hall–Kier alpha value is -3.91. The Morgan fingerprint density at radius 3 is 2.47 bits per heavy atom. The van der Waals surface area contributed by atoms with Crippen molar-refractivity contribution in [2.75, 3.05) is 7.11 Å². The van der Waals surface area contributed by atoms with Crippen molar-refractivity contribution < 1.29 is 14.3 Å². The summed E-state index contributed by atoms with van der Waals surface area (Å²) in [5.41, 5.74) is 7.88. The average molecular weight is 487 g/mol. The Kier molecular flexibility index (Phi) is 6.36. The molecule has 8 heteroatoms. The molecule has 4 aromatic rings. The fourth-order valence-corrected chi connectivity index (χ4v) is 5.37. The first-order chi connectivity index (χ1) is 17.4. The zero-order chi connectivity index (χ0) is 25.4. The van der Waals surface area contributed by atoms with Crippen LogP contribution in [0.1, 0.15) is 46.5 Å². The minimum atomic E-state index is -0.381. The third-order valence-corrected chi connectivity index (χ3v) is 7.21. The van der Waals surface area contributed by atoms with Crippen molar-refractivity contribution in [3.63, 3.8) is 0 Å². The van der Waals surface area contributed by atoms with Crippen LogP contribution in [0.15, 0.2) is 59.4 Å². The number of ketones is 1. The molecule has 0 saturated heterocycles. The maximum absolute atomic E-state index is 13.9. The second-order valence-electron chi connectivity index (χ2n) is 9.39. The highest BCUT2D eigenvalue weighted by Crippen LogP contribution is 2.35. The number of amides is 1. The molecule has 1 saturated carbocycles. The molecule has 5 rings (SSSR count). The van der Waals surface area contributed by atoms with E-state index in [1.54, 1.807) is 35.9 Å². The number of nitrogens with zero attached hydrogens (tertiary/aromatic N) is 2. The van der Waals surface area contributed by atoms with Gasteiger partial charge in [-0.3, -0.25) is 19.0 Å². The fraction of sp³-hybridized carbons (Fsp3) is 0.321. The van der Waals surface area contributed by atoms with Gasteiger partial charge in [0, 0.05) is 30.1 Å². The standard InChI is InChI=1S/C28H30N4O4/c1-31-24-18-12-6-9-15-21(18)32(16-22(33)17-10-4-3-5-11-17)28(35)23(24)26(36-2)25(31)27(34)30-20-14-8-7-13-19(20)29/h3-6,9-12,15,19-20H,7-8,13-14,16,29H2,1-2H3,(H,30,34)/t19-,20-/m0/s1. The van der Waals surface area contributed by atoms with Crippen molar-refractivity contribution in [2.24, 2.45) is 12.8 Å². The number of ether oxygens (including phenoxy) is 1. The topological polar surface area (TPSA) is 108 Å². The molecule has 2 aromatic heterocycles. The van der Waals surface area contributed by atoms with Gasteiger partial charge in [0.15, 0.2) is 17.2 Å². The number of fused-ring (bicyclic) bond motifs is 3. The third kappa shape index (κ3) is 3.97. The van der Waals surface area contributed by atoms with Crippen molar-refractivity contribution in [3.8, 4) is 5.75 Å². The molecule has 0 spiro atoms. The summed E-state index contributed by atoms with van der Waals surface area (Å²) in [6.07, 6.45) is 3.74. The van der Waals surface area contributed by atoms with Crippen LogP contribution in [0.5, 0.6) is 5.75 Å². The van der Waals surface area contributed by atoms with E-state index in [1.165, 1.54) is 11.7 Å². The van der Waals surface area contributed by atoms with Crippen LogP contribution in [0, 0.1) is 0 Å². The molecule has 2 heterocycles. The van der Waals surface area contributed by atoms with Gasteiger partial charge < -0.3 is 20.4 Å². The van der Waals surface area contributed by atoms with Gasteiger partial charge in [-0.25, -0.2) is 0 Å². The number of methoxy groups -OCH3 is 1. The minimum absolute atomic E-state index is 0.106. The van der Waals surface area contributed by atoms with Crippen molar-refractivity contribution in [1.29, 1.82) is 0 Å². The van der Waals surface area contributed by atoms with E-state index in [0.29, 0.717) is 16.6 Å². The number of aryl methyl sites for hydroxylation is 1. The first-order valence-corrected chi connectivity index (χ1v) is 12.2. The second kappa shape index (κ2) is 9.62. The van der Waals surface area contributed by atoms with Gasteiger partial charge in [0.25, 0.3) is 11.5 Å². The number of rotatable bonds is 6. The number of carbonyl (C=O) groups excluding carboxylic acids is 2. The maximum Gasteiger partial charge on any atom is 0.272 e. The lowest BCUT2D eigenvalue weighted by molar-refractivity contribution is 0.0909. The smallest absolute Gasteiger partial charge is 0.272 e. The fourth-order valence-electron chi connectivity index (χ4n) is 5.37. The monoisotopic (exact) mass is 486 g/mol. The Labute approximate surface area is 208 Å². The lowest BCUT2D eigenvalue weighted by Crippen LogP contribution is -2.49. The second-order valence-corrected chi connectivity index (χ2v) is 9.39. The van der Waals surface area contributed by atoms with Crippen LogP contribution in [0.25, 0.3) is 21.8 Å². The minimum Gasteiger partial charge on any atom is -0.493 e. The summed E-state index contributed by atoms with van der Waals surface area (Å²) in [6.45, 7) is -0.129. The summed E-state index contributed by atoms with van der Waals surface area (Å²) in [5.74, 6) is -0.310. The highest BCUT2D eigenvalue weighted by Gasteiger charge is 2.30. The predicted octanol–water partition coefficient (Wildman–Crippen LogP) is 3.38. The summed E-state index contributed by atoms with van der Waals surface area (Å²) < 4.78 is 8.86. The molecular formula is C28H30N4O4. The number of hydrogen-bond donors (Lipinski definition) is 2. The largest absolute Gasteiger partial charge is 0.493 e. The van der Waals surface area contributed by atoms with E-state index >= 15 is 0 Å². The van der Waals surface area contributed by atoms with Gasteiger partial charge in [0.1, 0.15) is 5.39 Å². The van der Waals surface area contributed by atoms with E-state index in [1.807, 2.05) is 30.3 Å². The number of nitrogens with one attached hydrogen (secondary N) is 1. The number of nitrogens with two attached hydrogens (primary N) is 1. The summed E-state index contributed by atoms with van der Waals surface area (Å²) in [4.78, 5) is 40.4. The lowest BCUT2D eigenvalue weighted by atomic mass is 9.91. The van der Waals surface area contributed by atoms with E-state index in [0.717, 1.165) is 31.1 Å². The van der Waals surface area contributed by atoms with Crippen LogP contribution in [0.4, 0.5) is 0 Å². The summed E-state index contributed by atoms with van der Waals surface area (Å²) in [6, 6.07) is 16.0. The molecule has 186 valence electrons. The molecule has 1 fully saturated rings. The Morgan fingerprint density at radius 1 is 1.06 bits per heavy atom. The lowest BCUT2D eigenvalue weighted by Gasteiger charge is -2.29. The summed E-state index contributed by atoms with van der Waals surface area (Å²) in [5, 5.41) is 4.10. The Bertz CT molecular complexity index is 1520. The quantitative estimate of drug-likeness (QED) is 0.406. The number of Topliss-reactive ketones (excluding diaryl/α,β-unsaturated/α-hetero) is 1. The van der Waals surface area contributed by atoms with Crippen LogP contribution in [-0.4, -0.2) is 40.0 Å². The molecule has 0 unspecified atom stereocenters. The van der Waals surface area contributed by atoms with E-state index in [-0.39, 0.29) is 52.7 Å². The normalized spacial score (nSPS) is 17.9. The first-order valence-electron chi connectivity index (χ1n) is 12.2. The number of aromatic nitrogens is 2. The van der Waals surface area contributed by atoms with Gasteiger partial charge >= 0.3 is 0 Å². The molecular weight excluding hydrogens is 456 g/mol. The van der Waals surface area contributed by atoms with Gasteiger partial charge in [0.2, 0.25) is 0 Å². The molecule has 3 N–H and O–H groups in total. The summed E-state index contributed by atoms with van der Waals surface area (Å²) in [7, 11) is 3.21. The molecule has 1 aliphatic rings. The van der Waals surface area contributed by atoms with Crippen LogP contribution in [0.3, 0.4) is 0 Å². The van der Waals surface area contributed by atoms with Gasteiger partial charge in [-0.2, -0.15) is 0 Å². The molecule has 2 atom stereocenters. The van der Waals surface area contributed by atoms with Crippen LogP contribution in [0.2, 0.25) is 0 Å². The van der Waals surface area contributed by atoms with Crippen molar-refractivity contribution >= 4 is 33.5 Å². The number of para-hydroxylation sites is 1. The molecule has 0 bridgehead atoms.